The van der Waals surface area contributed by atoms with E-state index in [1.165, 1.54) is 6.92 Å². The van der Waals surface area contributed by atoms with Crippen molar-refractivity contribution in [3.8, 4) is 5.75 Å². The number of hydrogen-bond donors (Lipinski definition) is 2. The van der Waals surface area contributed by atoms with Gasteiger partial charge in [0.2, 0.25) is 0 Å². The average molecular weight is 223 g/mol. The Morgan fingerprint density at radius 3 is 2.33 bits per heavy atom. The van der Waals surface area contributed by atoms with E-state index in [1.54, 1.807) is 0 Å². The Balaban J connectivity index is 3.25. The van der Waals surface area contributed by atoms with Gasteiger partial charge in [0.15, 0.2) is 0 Å². The number of phenols is 1. The predicted molar refractivity (Wildman–Crippen MR) is 45.8 cm³/mol. The summed E-state index contributed by atoms with van der Waals surface area (Å²) in [6.45, 7) is 1.30. The molecule has 0 aromatic heterocycles. The van der Waals surface area contributed by atoms with E-state index in [-0.39, 0.29) is 5.56 Å². The van der Waals surface area contributed by atoms with Crippen LogP contribution in [0.15, 0.2) is 12.1 Å². The van der Waals surface area contributed by atoms with Gasteiger partial charge in [-0.25, -0.2) is 4.39 Å². The molecule has 2 nitrogen and oxygen atoms in total. The number of halogens is 4. The number of phenolic OH excluding ortho intramolecular Hbond substituents is 1. The second kappa shape index (κ2) is 3.69. The molecule has 0 saturated heterocycles. The first kappa shape index (κ1) is 11.8. The van der Waals surface area contributed by atoms with Crippen LogP contribution in [0.2, 0.25) is 0 Å². The van der Waals surface area contributed by atoms with Crippen molar-refractivity contribution in [3.63, 3.8) is 0 Å². The van der Waals surface area contributed by atoms with Crippen LogP contribution < -0.4 is 5.73 Å². The maximum Gasteiger partial charge on any atom is 0.407 e. The molecule has 1 aromatic rings. The maximum absolute atomic E-state index is 12.8. The van der Waals surface area contributed by atoms with E-state index >= 15 is 0 Å². The van der Waals surface area contributed by atoms with Crippen LogP contribution in [-0.2, 0) is 0 Å². The third kappa shape index (κ3) is 2.38. The van der Waals surface area contributed by atoms with E-state index in [1.807, 2.05) is 0 Å². The first-order chi connectivity index (χ1) is 6.73. The summed E-state index contributed by atoms with van der Waals surface area (Å²) in [6.07, 6.45) is -4.71. The number of hydrogen-bond acceptors (Lipinski definition) is 2. The van der Waals surface area contributed by atoms with Gasteiger partial charge in [0.05, 0.1) is 0 Å². The number of aromatic hydroxyl groups is 1. The van der Waals surface area contributed by atoms with Gasteiger partial charge in [-0.2, -0.15) is 13.2 Å². The fourth-order valence-corrected chi connectivity index (χ4v) is 1.17. The average Bonchev–Trinajstić information content (AvgIpc) is 2.08. The molecule has 1 rings (SSSR count). The smallest absolute Gasteiger partial charge is 0.407 e. The third-order valence-corrected chi connectivity index (χ3v) is 1.98. The fourth-order valence-electron chi connectivity index (χ4n) is 1.17. The van der Waals surface area contributed by atoms with Crippen LogP contribution in [0.1, 0.15) is 17.2 Å². The zero-order valence-corrected chi connectivity index (χ0v) is 7.77. The number of nitrogens with two attached hydrogens (primary N) is 1. The molecule has 15 heavy (non-hydrogen) atoms. The van der Waals surface area contributed by atoms with E-state index in [2.05, 4.69) is 0 Å². The summed E-state index contributed by atoms with van der Waals surface area (Å²) < 4.78 is 49.5. The highest BCUT2D eigenvalue weighted by Crippen LogP contribution is 2.36. The van der Waals surface area contributed by atoms with Crippen molar-refractivity contribution in [1.29, 1.82) is 0 Å². The van der Waals surface area contributed by atoms with Gasteiger partial charge in [0.1, 0.15) is 17.6 Å². The lowest BCUT2D eigenvalue weighted by Gasteiger charge is -2.18. The predicted octanol–water partition coefficient (Wildman–Crippen LogP) is 2.40. The molecule has 6 heteroatoms. The third-order valence-electron chi connectivity index (χ3n) is 1.98. The molecule has 0 aliphatic carbocycles. The lowest BCUT2D eigenvalue weighted by Crippen LogP contribution is -2.28. The molecule has 0 radical (unpaired) electrons. The maximum atomic E-state index is 12.8. The van der Waals surface area contributed by atoms with E-state index in [4.69, 9.17) is 5.73 Å². The van der Waals surface area contributed by atoms with Gasteiger partial charge >= 0.3 is 6.18 Å². The van der Waals surface area contributed by atoms with Crippen LogP contribution in [0.3, 0.4) is 0 Å². The fraction of sp³-hybridized carbons (Fsp3) is 0.333. The lowest BCUT2D eigenvalue weighted by atomic mass is 10.0. The molecular weight excluding hydrogens is 214 g/mol. The molecule has 0 saturated carbocycles. The molecule has 0 aliphatic heterocycles. The zero-order valence-electron chi connectivity index (χ0n) is 7.77. The van der Waals surface area contributed by atoms with Gasteiger partial charge in [0.25, 0.3) is 0 Å². The van der Waals surface area contributed by atoms with E-state index in [0.29, 0.717) is 6.07 Å². The van der Waals surface area contributed by atoms with Crippen LogP contribution in [-0.4, -0.2) is 11.3 Å². The Bertz CT molecular complexity index is 375. The molecule has 0 bridgehead atoms. The molecule has 0 heterocycles. The Labute approximate surface area is 83.3 Å². The standard InChI is InChI=1S/C9H9F4NO/c1-4-2-5(10)3-6(7(4)15)8(14)9(11,12)13/h2-3,8,15H,14H2,1H3/t8-/m1/s1. The molecule has 0 amide bonds. The highest BCUT2D eigenvalue weighted by Gasteiger charge is 2.39. The Morgan fingerprint density at radius 1 is 1.33 bits per heavy atom. The number of rotatable bonds is 1. The van der Waals surface area contributed by atoms with Crippen LogP contribution in [0.4, 0.5) is 17.6 Å². The summed E-state index contributed by atoms with van der Waals surface area (Å²) in [6, 6.07) is -0.866. The van der Waals surface area contributed by atoms with Crippen molar-refractivity contribution in [2.75, 3.05) is 0 Å². The normalized spacial score (nSPS) is 14.0. The lowest BCUT2D eigenvalue weighted by molar-refractivity contribution is -0.149. The van der Waals surface area contributed by atoms with Gasteiger partial charge in [-0.15, -0.1) is 0 Å². The van der Waals surface area contributed by atoms with Crippen molar-refractivity contribution >= 4 is 0 Å². The highest BCUT2D eigenvalue weighted by atomic mass is 19.4. The minimum absolute atomic E-state index is 0.0182. The summed E-state index contributed by atoms with van der Waals surface area (Å²) in [7, 11) is 0. The van der Waals surface area contributed by atoms with Gasteiger partial charge in [0, 0.05) is 5.56 Å². The highest BCUT2D eigenvalue weighted by molar-refractivity contribution is 5.42. The molecule has 3 N–H and O–H groups in total. The minimum atomic E-state index is -4.71. The molecule has 84 valence electrons. The quantitative estimate of drug-likeness (QED) is 0.718. The second-order valence-electron chi connectivity index (χ2n) is 3.18. The Morgan fingerprint density at radius 2 is 1.87 bits per heavy atom. The van der Waals surface area contributed by atoms with E-state index in [9.17, 15) is 22.7 Å². The van der Waals surface area contributed by atoms with Crippen molar-refractivity contribution in [1.82, 2.24) is 0 Å². The molecule has 0 unspecified atom stereocenters. The molecule has 1 aromatic carbocycles. The van der Waals surface area contributed by atoms with Gasteiger partial charge in [-0.1, -0.05) is 0 Å². The minimum Gasteiger partial charge on any atom is -0.507 e. The van der Waals surface area contributed by atoms with E-state index in [0.717, 1.165) is 6.07 Å². The first-order valence-electron chi connectivity index (χ1n) is 4.04. The van der Waals surface area contributed by atoms with Crippen molar-refractivity contribution < 1.29 is 22.7 Å². The van der Waals surface area contributed by atoms with Crippen LogP contribution in [0.5, 0.6) is 5.75 Å². The van der Waals surface area contributed by atoms with Gasteiger partial charge in [-0.3, -0.25) is 0 Å². The summed E-state index contributed by atoms with van der Waals surface area (Å²) in [5, 5.41) is 9.31. The number of benzene rings is 1. The van der Waals surface area contributed by atoms with Crippen LogP contribution in [0, 0.1) is 12.7 Å². The van der Waals surface area contributed by atoms with Gasteiger partial charge in [-0.05, 0) is 24.6 Å². The number of alkyl halides is 3. The van der Waals surface area contributed by atoms with Crippen molar-refractivity contribution in [3.05, 3.63) is 29.1 Å². The molecule has 0 aliphatic rings. The van der Waals surface area contributed by atoms with Gasteiger partial charge < -0.3 is 10.8 Å². The molecule has 0 fully saturated rings. The monoisotopic (exact) mass is 223 g/mol. The Kier molecular flexibility index (Phi) is 2.90. The summed E-state index contributed by atoms with van der Waals surface area (Å²) >= 11 is 0. The summed E-state index contributed by atoms with van der Waals surface area (Å²) in [5.41, 5.74) is 4.22. The van der Waals surface area contributed by atoms with Crippen LogP contribution in [0.25, 0.3) is 0 Å². The number of aryl methyl sites for hydroxylation is 1. The second-order valence-corrected chi connectivity index (χ2v) is 3.18. The van der Waals surface area contributed by atoms with Crippen molar-refractivity contribution in [2.45, 2.75) is 19.1 Å². The topological polar surface area (TPSA) is 46.2 Å². The molecule has 1 atom stereocenters. The summed E-state index contributed by atoms with van der Waals surface area (Å²) in [5.74, 6) is -1.48. The largest absolute Gasteiger partial charge is 0.507 e. The SMILES string of the molecule is Cc1cc(F)cc([C@@H](N)C(F)(F)F)c1O. The first-order valence-corrected chi connectivity index (χ1v) is 4.04. The van der Waals surface area contributed by atoms with Crippen molar-refractivity contribution in [2.24, 2.45) is 5.73 Å². The zero-order chi connectivity index (χ0) is 11.8. The van der Waals surface area contributed by atoms with Crippen LogP contribution >= 0.6 is 0 Å². The molecular formula is C9H9F4NO. The summed E-state index contributed by atoms with van der Waals surface area (Å²) in [4.78, 5) is 0. The molecule has 0 spiro atoms. The van der Waals surface area contributed by atoms with E-state index < -0.39 is 29.3 Å². The Hall–Kier alpha value is -1.30.